The summed E-state index contributed by atoms with van der Waals surface area (Å²) in [4.78, 5) is 29.9. The number of benzene rings is 1. The van der Waals surface area contributed by atoms with Crippen LogP contribution in [0.2, 0.25) is 0 Å². The summed E-state index contributed by atoms with van der Waals surface area (Å²) >= 11 is 1.22. The topological polar surface area (TPSA) is 100 Å². The number of rotatable bonds is 7. The van der Waals surface area contributed by atoms with Gasteiger partial charge in [-0.15, -0.1) is 5.10 Å². The highest BCUT2D eigenvalue weighted by molar-refractivity contribution is 7.99. The smallest absolute Gasteiger partial charge is 0.240 e. The summed E-state index contributed by atoms with van der Waals surface area (Å²) in [6.07, 6.45) is 0. The van der Waals surface area contributed by atoms with Crippen molar-refractivity contribution in [1.82, 2.24) is 25.4 Å². The van der Waals surface area contributed by atoms with Crippen molar-refractivity contribution in [2.24, 2.45) is 0 Å². The number of hydrogen-bond donors (Lipinski definition) is 2. The Bertz CT molecular complexity index is 783. The van der Waals surface area contributed by atoms with Gasteiger partial charge in [-0.05, 0) is 45.0 Å². The van der Waals surface area contributed by atoms with E-state index in [1.165, 1.54) is 16.7 Å². The molecule has 0 fully saturated rings. The molecule has 1 aromatic carbocycles. The quantitative estimate of drug-likeness (QED) is 0.700. The van der Waals surface area contributed by atoms with Crippen LogP contribution >= 0.6 is 11.8 Å². The van der Waals surface area contributed by atoms with Crippen LogP contribution in [0, 0.1) is 0 Å². The molecule has 0 aliphatic carbocycles. The third kappa shape index (κ3) is 6.59. The Kier molecular flexibility index (Phi) is 6.84. The van der Waals surface area contributed by atoms with Crippen molar-refractivity contribution >= 4 is 23.6 Å². The molecule has 0 spiro atoms. The molecule has 8 nitrogen and oxygen atoms in total. The van der Waals surface area contributed by atoms with E-state index in [4.69, 9.17) is 4.74 Å². The van der Waals surface area contributed by atoms with Crippen LogP contribution in [-0.2, 0) is 9.59 Å². The van der Waals surface area contributed by atoms with Crippen LogP contribution < -0.4 is 10.1 Å². The summed E-state index contributed by atoms with van der Waals surface area (Å²) < 4.78 is 5.13. The molecular formula is C18H25N5O3S. The van der Waals surface area contributed by atoms with Crippen LogP contribution in [0.15, 0.2) is 29.4 Å². The van der Waals surface area contributed by atoms with E-state index in [0.29, 0.717) is 11.0 Å². The number of H-pyrrole nitrogens is 1. The van der Waals surface area contributed by atoms with Gasteiger partial charge in [-0.25, -0.2) is 4.98 Å². The van der Waals surface area contributed by atoms with E-state index in [1.807, 2.05) is 45.0 Å². The van der Waals surface area contributed by atoms with Crippen molar-refractivity contribution in [3.05, 3.63) is 24.3 Å². The summed E-state index contributed by atoms with van der Waals surface area (Å²) in [7, 11) is 3.21. The normalized spacial score (nSPS) is 11.1. The van der Waals surface area contributed by atoms with E-state index >= 15 is 0 Å². The minimum absolute atomic E-state index is 0.0156. The maximum Gasteiger partial charge on any atom is 0.240 e. The van der Waals surface area contributed by atoms with Crippen molar-refractivity contribution in [2.45, 2.75) is 31.5 Å². The van der Waals surface area contributed by atoms with Gasteiger partial charge < -0.3 is 15.0 Å². The standard InChI is InChI=1S/C18H25N5O3S/c1-18(2,3)20-14(24)10-23(4)15(25)11-27-17-19-16(21-22-17)12-6-8-13(26-5)9-7-12/h6-9H,10-11H2,1-5H3,(H,20,24)(H,19,21,22). The zero-order chi connectivity index (χ0) is 20.0. The van der Waals surface area contributed by atoms with Gasteiger partial charge in [0.1, 0.15) is 5.75 Å². The first-order chi connectivity index (χ1) is 12.7. The van der Waals surface area contributed by atoms with Gasteiger partial charge >= 0.3 is 0 Å². The number of methoxy groups -OCH3 is 1. The first kappa shape index (κ1) is 20.8. The Balaban J connectivity index is 1.86. The van der Waals surface area contributed by atoms with Crippen LogP contribution in [0.1, 0.15) is 20.8 Å². The molecule has 0 aliphatic rings. The summed E-state index contributed by atoms with van der Waals surface area (Å²) in [6.45, 7) is 5.70. The second-order valence-electron chi connectivity index (χ2n) is 7.03. The molecule has 27 heavy (non-hydrogen) atoms. The van der Waals surface area contributed by atoms with Gasteiger partial charge in [-0.1, -0.05) is 11.8 Å². The number of aromatic nitrogens is 3. The van der Waals surface area contributed by atoms with Gasteiger partial charge in [0.15, 0.2) is 5.82 Å². The maximum absolute atomic E-state index is 12.2. The second-order valence-corrected chi connectivity index (χ2v) is 7.97. The van der Waals surface area contributed by atoms with Gasteiger partial charge in [0, 0.05) is 18.2 Å². The molecule has 2 aromatic rings. The minimum atomic E-state index is -0.327. The lowest BCUT2D eigenvalue weighted by molar-refractivity contribution is -0.133. The molecule has 9 heteroatoms. The van der Waals surface area contributed by atoms with Crippen LogP contribution in [0.5, 0.6) is 5.75 Å². The third-order valence-corrected chi connectivity index (χ3v) is 4.31. The summed E-state index contributed by atoms with van der Waals surface area (Å²) in [5.41, 5.74) is 0.546. The molecule has 0 atom stereocenters. The predicted molar refractivity (Wildman–Crippen MR) is 105 cm³/mol. The Morgan fingerprint density at radius 1 is 1.26 bits per heavy atom. The molecule has 2 amide bonds. The lowest BCUT2D eigenvalue weighted by Crippen LogP contribution is -2.46. The van der Waals surface area contributed by atoms with Crippen LogP contribution in [-0.4, -0.2) is 63.9 Å². The maximum atomic E-state index is 12.2. The summed E-state index contributed by atoms with van der Waals surface area (Å²) in [5.74, 6) is 1.17. The van der Waals surface area contributed by atoms with Crippen molar-refractivity contribution < 1.29 is 14.3 Å². The fraction of sp³-hybridized carbons (Fsp3) is 0.444. The summed E-state index contributed by atoms with van der Waals surface area (Å²) in [6, 6.07) is 7.43. The molecule has 2 N–H and O–H groups in total. The average molecular weight is 391 g/mol. The van der Waals surface area contributed by atoms with E-state index in [2.05, 4.69) is 20.5 Å². The lowest BCUT2D eigenvalue weighted by atomic mass is 10.1. The fourth-order valence-corrected chi connectivity index (χ4v) is 2.93. The molecule has 1 heterocycles. The van der Waals surface area contributed by atoms with E-state index in [0.717, 1.165) is 11.3 Å². The Labute approximate surface area is 163 Å². The molecule has 1 aromatic heterocycles. The molecule has 0 radical (unpaired) electrons. The second kappa shape index (κ2) is 8.90. The van der Waals surface area contributed by atoms with Crippen molar-refractivity contribution in [3.63, 3.8) is 0 Å². The van der Waals surface area contributed by atoms with E-state index in [1.54, 1.807) is 14.2 Å². The third-order valence-electron chi connectivity index (χ3n) is 3.47. The average Bonchev–Trinajstić information content (AvgIpc) is 3.07. The number of thioether (sulfide) groups is 1. The first-order valence-corrected chi connectivity index (χ1v) is 9.41. The molecule has 0 aliphatic heterocycles. The van der Waals surface area contributed by atoms with Gasteiger partial charge in [-0.3, -0.25) is 14.7 Å². The molecule has 0 unspecified atom stereocenters. The van der Waals surface area contributed by atoms with Crippen LogP contribution in [0.25, 0.3) is 11.4 Å². The van der Waals surface area contributed by atoms with Crippen LogP contribution in [0.3, 0.4) is 0 Å². The minimum Gasteiger partial charge on any atom is -0.497 e. The van der Waals surface area contributed by atoms with Crippen molar-refractivity contribution in [1.29, 1.82) is 0 Å². The molecule has 146 valence electrons. The number of aromatic amines is 1. The number of amides is 2. The lowest BCUT2D eigenvalue weighted by Gasteiger charge is -2.23. The van der Waals surface area contributed by atoms with Crippen molar-refractivity contribution in [3.8, 4) is 17.1 Å². The number of nitrogens with one attached hydrogen (secondary N) is 2. The van der Waals surface area contributed by atoms with Gasteiger partial charge in [0.2, 0.25) is 17.0 Å². The van der Waals surface area contributed by atoms with E-state index < -0.39 is 0 Å². The fourth-order valence-electron chi connectivity index (χ4n) is 2.19. The van der Waals surface area contributed by atoms with E-state index in [-0.39, 0.29) is 29.7 Å². The molecule has 0 bridgehead atoms. The van der Waals surface area contributed by atoms with E-state index in [9.17, 15) is 9.59 Å². The molecular weight excluding hydrogens is 366 g/mol. The predicted octanol–water partition coefficient (Wildman–Crippen LogP) is 1.95. The molecule has 2 rings (SSSR count). The monoisotopic (exact) mass is 391 g/mol. The van der Waals surface area contributed by atoms with Gasteiger partial charge in [0.25, 0.3) is 0 Å². The highest BCUT2D eigenvalue weighted by Crippen LogP contribution is 2.21. The number of nitrogens with zero attached hydrogens (tertiary/aromatic N) is 3. The van der Waals surface area contributed by atoms with Gasteiger partial charge in [0.05, 0.1) is 19.4 Å². The Morgan fingerprint density at radius 3 is 2.52 bits per heavy atom. The highest BCUT2D eigenvalue weighted by Gasteiger charge is 2.18. The molecule has 0 saturated heterocycles. The number of ether oxygens (including phenoxy) is 1. The molecule has 0 saturated carbocycles. The zero-order valence-electron chi connectivity index (χ0n) is 16.2. The van der Waals surface area contributed by atoms with Crippen molar-refractivity contribution in [2.75, 3.05) is 26.5 Å². The largest absolute Gasteiger partial charge is 0.497 e. The number of likely N-dealkylation sites (N-methyl/N-ethyl adjacent to an activating group) is 1. The summed E-state index contributed by atoms with van der Waals surface area (Å²) in [5, 5.41) is 10.3. The Morgan fingerprint density at radius 2 is 1.93 bits per heavy atom. The van der Waals surface area contributed by atoms with Crippen LogP contribution in [0.4, 0.5) is 0 Å². The highest BCUT2D eigenvalue weighted by atomic mass is 32.2. The first-order valence-electron chi connectivity index (χ1n) is 8.42. The Hall–Kier alpha value is -2.55. The van der Waals surface area contributed by atoms with Gasteiger partial charge in [-0.2, -0.15) is 0 Å². The zero-order valence-corrected chi connectivity index (χ0v) is 17.0. The number of carbonyl (C=O) groups excluding carboxylic acids is 2. The SMILES string of the molecule is COc1ccc(-c2nc(SCC(=O)N(C)CC(=O)NC(C)(C)C)n[nH]2)cc1. The number of hydrogen-bond acceptors (Lipinski definition) is 6. The number of carbonyl (C=O) groups is 2.